The number of anilines is 2. The number of sulfonamides is 1. The Morgan fingerprint density at radius 3 is 2.00 bits per heavy atom. The Hall–Kier alpha value is -3.32. The van der Waals surface area contributed by atoms with Crippen molar-refractivity contribution >= 4 is 27.6 Å². The number of methoxy groups -OCH3 is 1. The highest BCUT2D eigenvalue weighted by molar-refractivity contribution is 7.92. The quantitative estimate of drug-likeness (QED) is 0.420. The van der Waals surface area contributed by atoms with Crippen molar-refractivity contribution in [3.05, 3.63) is 82.9 Å². The van der Waals surface area contributed by atoms with Crippen molar-refractivity contribution in [1.29, 1.82) is 0 Å². The third kappa shape index (κ3) is 5.18. The molecule has 0 heterocycles. The standard InChI is InChI=1S/C23H25N3O3S/c1-16-13-17(2)23(18(3)14-16)15-24-25-19-5-7-20(8-6-19)26-30(27,28)22-11-9-21(29-4)10-12-22/h5-15,25-26H,1-4H3/b24-15+. The van der Waals surface area contributed by atoms with E-state index < -0.39 is 10.0 Å². The van der Waals surface area contributed by atoms with Crippen molar-refractivity contribution in [3.63, 3.8) is 0 Å². The number of rotatable bonds is 7. The minimum atomic E-state index is -3.67. The fraction of sp³-hybridized carbons (Fsp3) is 0.174. The molecule has 7 heteroatoms. The predicted octanol–water partition coefficient (Wildman–Crippen LogP) is 4.87. The maximum absolute atomic E-state index is 12.5. The van der Waals surface area contributed by atoms with Crippen molar-refractivity contribution < 1.29 is 13.2 Å². The third-order valence-corrected chi connectivity index (χ3v) is 6.03. The van der Waals surface area contributed by atoms with Gasteiger partial charge in [0.2, 0.25) is 0 Å². The Bertz CT molecular complexity index is 1130. The van der Waals surface area contributed by atoms with Gasteiger partial charge >= 0.3 is 0 Å². The summed E-state index contributed by atoms with van der Waals surface area (Å²) < 4.78 is 32.6. The molecule has 0 atom stereocenters. The molecule has 0 saturated heterocycles. The summed E-state index contributed by atoms with van der Waals surface area (Å²) in [6, 6.07) is 17.4. The van der Waals surface area contributed by atoms with Crippen LogP contribution >= 0.6 is 0 Å². The number of aryl methyl sites for hydroxylation is 3. The van der Waals surface area contributed by atoms with E-state index in [0.717, 1.165) is 11.3 Å². The lowest BCUT2D eigenvalue weighted by Gasteiger charge is -2.10. The van der Waals surface area contributed by atoms with Crippen LogP contribution in [-0.4, -0.2) is 21.7 Å². The van der Waals surface area contributed by atoms with Gasteiger partial charge in [-0.25, -0.2) is 8.42 Å². The Labute approximate surface area is 177 Å². The first-order chi connectivity index (χ1) is 14.3. The highest BCUT2D eigenvalue weighted by Crippen LogP contribution is 2.21. The van der Waals surface area contributed by atoms with Gasteiger partial charge in [0.05, 0.1) is 23.9 Å². The number of benzene rings is 3. The van der Waals surface area contributed by atoms with E-state index in [-0.39, 0.29) is 4.90 Å². The van der Waals surface area contributed by atoms with E-state index in [1.165, 1.54) is 35.9 Å². The lowest BCUT2D eigenvalue weighted by molar-refractivity contribution is 0.414. The number of nitrogens with one attached hydrogen (secondary N) is 2. The molecule has 3 aromatic carbocycles. The number of hydrogen-bond donors (Lipinski definition) is 2. The van der Waals surface area contributed by atoms with Crippen LogP contribution in [-0.2, 0) is 10.0 Å². The van der Waals surface area contributed by atoms with E-state index in [0.29, 0.717) is 11.4 Å². The largest absolute Gasteiger partial charge is 0.497 e. The van der Waals surface area contributed by atoms with Crippen molar-refractivity contribution in [1.82, 2.24) is 0 Å². The molecule has 0 saturated carbocycles. The first-order valence-electron chi connectivity index (χ1n) is 9.42. The molecule has 2 N–H and O–H groups in total. The second-order valence-corrected chi connectivity index (χ2v) is 8.72. The smallest absolute Gasteiger partial charge is 0.261 e. The van der Waals surface area contributed by atoms with Crippen molar-refractivity contribution in [2.24, 2.45) is 5.10 Å². The Morgan fingerprint density at radius 2 is 1.43 bits per heavy atom. The van der Waals surface area contributed by atoms with Gasteiger partial charge in [-0.2, -0.15) is 5.10 Å². The fourth-order valence-electron chi connectivity index (χ4n) is 3.15. The van der Waals surface area contributed by atoms with E-state index in [4.69, 9.17) is 4.74 Å². The van der Waals surface area contributed by atoms with Crippen LogP contribution in [0.3, 0.4) is 0 Å². The average Bonchev–Trinajstić information content (AvgIpc) is 2.71. The monoisotopic (exact) mass is 423 g/mol. The summed E-state index contributed by atoms with van der Waals surface area (Å²) in [6.07, 6.45) is 1.80. The molecule has 0 bridgehead atoms. The molecule has 0 aromatic heterocycles. The lowest BCUT2D eigenvalue weighted by atomic mass is 10.0. The zero-order valence-electron chi connectivity index (χ0n) is 17.4. The second-order valence-electron chi connectivity index (χ2n) is 7.04. The summed E-state index contributed by atoms with van der Waals surface area (Å²) in [5.41, 5.74) is 8.83. The summed E-state index contributed by atoms with van der Waals surface area (Å²) in [6.45, 7) is 6.19. The van der Waals surface area contributed by atoms with Crippen LogP contribution in [0.1, 0.15) is 22.3 Å². The molecule has 6 nitrogen and oxygen atoms in total. The molecule has 0 fully saturated rings. The first-order valence-corrected chi connectivity index (χ1v) is 10.9. The minimum Gasteiger partial charge on any atom is -0.497 e. The zero-order chi connectivity index (χ0) is 21.7. The summed E-state index contributed by atoms with van der Waals surface area (Å²) in [7, 11) is -2.14. The maximum atomic E-state index is 12.5. The third-order valence-electron chi connectivity index (χ3n) is 4.63. The van der Waals surface area contributed by atoms with Gasteiger partial charge in [0, 0.05) is 11.3 Å². The highest BCUT2D eigenvalue weighted by Gasteiger charge is 2.14. The van der Waals surface area contributed by atoms with Crippen LogP contribution in [0.4, 0.5) is 11.4 Å². The van der Waals surface area contributed by atoms with E-state index in [1.54, 1.807) is 42.6 Å². The van der Waals surface area contributed by atoms with E-state index >= 15 is 0 Å². The highest BCUT2D eigenvalue weighted by atomic mass is 32.2. The predicted molar refractivity (Wildman–Crippen MR) is 122 cm³/mol. The normalized spacial score (nSPS) is 11.5. The van der Waals surface area contributed by atoms with Crippen LogP contribution in [0.15, 0.2) is 70.7 Å². The van der Waals surface area contributed by atoms with Crippen molar-refractivity contribution in [2.75, 3.05) is 17.3 Å². The summed E-state index contributed by atoms with van der Waals surface area (Å²) in [5.74, 6) is 0.598. The van der Waals surface area contributed by atoms with Crippen LogP contribution in [0.25, 0.3) is 0 Å². The van der Waals surface area contributed by atoms with Gasteiger partial charge in [-0.1, -0.05) is 17.7 Å². The molecular formula is C23H25N3O3S. The second kappa shape index (κ2) is 9.00. The van der Waals surface area contributed by atoms with E-state index in [2.05, 4.69) is 48.2 Å². The number of hydrogen-bond acceptors (Lipinski definition) is 5. The van der Waals surface area contributed by atoms with Gasteiger partial charge in [-0.15, -0.1) is 0 Å². The van der Waals surface area contributed by atoms with Crippen molar-refractivity contribution in [2.45, 2.75) is 25.7 Å². The van der Waals surface area contributed by atoms with E-state index in [9.17, 15) is 8.42 Å². The molecule has 3 rings (SSSR count). The summed E-state index contributed by atoms with van der Waals surface area (Å²) in [5, 5.41) is 4.31. The molecule has 156 valence electrons. The molecule has 0 aliphatic rings. The Kier molecular flexibility index (Phi) is 6.42. The molecule has 0 spiro atoms. The number of ether oxygens (including phenoxy) is 1. The van der Waals surface area contributed by atoms with Gasteiger partial charge in [-0.05, 0) is 80.4 Å². The molecular weight excluding hydrogens is 398 g/mol. The van der Waals surface area contributed by atoms with Crippen LogP contribution < -0.4 is 14.9 Å². The van der Waals surface area contributed by atoms with Gasteiger partial charge in [0.15, 0.2) is 0 Å². The summed E-state index contributed by atoms with van der Waals surface area (Å²) in [4.78, 5) is 0.166. The summed E-state index contributed by atoms with van der Waals surface area (Å²) >= 11 is 0. The molecule has 0 radical (unpaired) electrons. The topological polar surface area (TPSA) is 79.8 Å². The zero-order valence-corrected chi connectivity index (χ0v) is 18.2. The maximum Gasteiger partial charge on any atom is 0.261 e. The SMILES string of the molecule is COc1ccc(S(=O)(=O)Nc2ccc(N/N=C/c3c(C)cc(C)cc3C)cc2)cc1. The first kappa shape index (κ1) is 21.4. The molecule has 3 aromatic rings. The number of nitrogens with zero attached hydrogens (tertiary/aromatic N) is 1. The van der Waals surface area contributed by atoms with Gasteiger partial charge < -0.3 is 4.74 Å². The average molecular weight is 424 g/mol. The fourth-order valence-corrected chi connectivity index (χ4v) is 4.21. The minimum absolute atomic E-state index is 0.166. The lowest BCUT2D eigenvalue weighted by Crippen LogP contribution is -2.12. The van der Waals surface area contributed by atoms with Crippen LogP contribution in [0, 0.1) is 20.8 Å². The van der Waals surface area contributed by atoms with Crippen LogP contribution in [0.2, 0.25) is 0 Å². The Balaban J connectivity index is 1.66. The molecule has 0 aliphatic heterocycles. The number of hydrazone groups is 1. The molecule has 0 amide bonds. The van der Waals surface area contributed by atoms with E-state index in [1.807, 2.05) is 0 Å². The van der Waals surface area contributed by atoms with Gasteiger partial charge in [0.25, 0.3) is 10.0 Å². The molecule has 0 unspecified atom stereocenters. The molecule has 30 heavy (non-hydrogen) atoms. The van der Waals surface area contributed by atoms with Gasteiger partial charge in [0.1, 0.15) is 5.75 Å². The molecule has 0 aliphatic carbocycles. The van der Waals surface area contributed by atoms with Crippen LogP contribution in [0.5, 0.6) is 5.75 Å². The Morgan fingerprint density at radius 1 is 0.867 bits per heavy atom. The van der Waals surface area contributed by atoms with Gasteiger partial charge in [-0.3, -0.25) is 10.1 Å². The van der Waals surface area contributed by atoms with Crippen molar-refractivity contribution in [3.8, 4) is 5.75 Å².